The standard InChI is InChI=1S/C29H32N2O6S/c1-6-12-20-24(28(33)37-8-3)25(19-14-9-10-15-21(19)34-4)31-27(32)23(38-29(31)30-20)17-18-13-11-16-22(35-5)26(18)36-7-2/h9-11,13-17,25H,6-8,12H2,1-5H3/b23-17-/t25-/m0/s1. The topological polar surface area (TPSA) is 88.4 Å². The van der Waals surface area contributed by atoms with Crippen molar-refractivity contribution in [3.63, 3.8) is 0 Å². The predicted octanol–water partition coefficient (Wildman–Crippen LogP) is 3.99. The van der Waals surface area contributed by atoms with E-state index in [-0.39, 0.29) is 12.2 Å². The third kappa shape index (κ3) is 5.11. The van der Waals surface area contributed by atoms with Crippen LogP contribution in [0.1, 0.15) is 50.8 Å². The molecule has 38 heavy (non-hydrogen) atoms. The summed E-state index contributed by atoms with van der Waals surface area (Å²) in [4.78, 5) is 32.7. The van der Waals surface area contributed by atoms with Crippen molar-refractivity contribution in [3.05, 3.63) is 84.5 Å². The Hall–Kier alpha value is -3.85. The van der Waals surface area contributed by atoms with Gasteiger partial charge in [-0.15, -0.1) is 0 Å². The van der Waals surface area contributed by atoms with Crippen LogP contribution in [0.2, 0.25) is 0 Å². The van der Waals surface area contributed by atoms with Crippen molar-refractivity contribution < 1.29 is 23.7 Å². The van der Waals surface area contributed by atoms with Gasteiger partial charge in [0.2, 0.25) is 0 Å². The maximum atomic E-state index is 14.0. The number of thiazole rings is 1. The van der Waals surface area contributed by atoms with E-state index < -0.39 is 12.0 Å². The summed E-state index contributed by atoms with van der Waals surface area (Å²) in [7, 11) is 3.15. The van der Waals surface area contributed by atoms with Crippen molar-refractivity contribution in [2.75, 3.05) is 27.4 Å². The molecule has 1 aliphatic rings. The summed E-state index contributed by atoms with van der Waals surface area (Å²) in [5.74, 6) is 1.22. The van der Waals surface area contributed by atoms with Gasteiger partial charge in [0.15, 0.2) is 16.3 Å². The van der Waals surface area contributed by atoms with E-state index in [4.69, 9.17) is 23.9 Å². The lowest BCUT2D eigenvalue weighted by molar-refractivity contribution is -0.139. The van der Waals surface area contributed by atoms with Gasteiger partial charge in [0.1, 0.15) is 11.8 Å². The Morgan fingerprint density at radius 1 is 1.03 bits per heavy atom. The molecule has 1 aliphatic heterocycles. The first-order valence-corrected chi connectivity index (χ1v) is 13.4. The van der Waals surface area contributed by atoms with Crippen LogP contribution in [0.4, 0.5) is 0 Å². The number of allylic oxidation sites excluding steroid dienone is 1. The lowest BCUT2D eigenvalue weighted by Gasteiger charge is -2.26. The Kier molecular flexibility index (Phi) is 8.68. The summed E-state index contributed by atoms with van der Waals surface area (Å²) in [6.07, 6.45) is 3.12. The third-order valence-corrected chi connectivity index (χ3v) is 7.11. The number of ether oxygens (including phenoxy) is 4. The fourth-order valence-corrected chi connectivity index (χ4v) is 5.57. The molecule has 2 aromatic carbocycles. The Morgan fingerprint density at radius 2 is 1.76 bits per heavy atom. The molecule has 0 radical (unpaired) electrons. The SMILES string of the molecule is CCCC1=C(C(=O)OCC)[C@H](c2ccccc2OC)n2c(s/c(=C\c3cccc(OC)c3OCC)c2=O)=N1. The van der Waals surface area contributed by atoms with Gasteiger partial charge in [0, 0.05) is 11.1 Å². The van der Waals surface area contributed by atoms with Crippen molar-refractivity contribution in [1.82, 2.24) is 4.57 Å². The first-order chi connectivity index (χ1) is 18.5. The van der Waals surface area contributed by atoms with Gasteiger partial charge < -0.3 is 18.9 Å². The highest BCUT2D eigenvalue weighted by Crippen LogP contribution is 2.37. The molecule has 0 spiro atoms. The summed E-state index contributed by atoms with van der Waals surface area (Å²) in [6.45, 7) is 6.33. The zero-order valence-electron chi connectivity index (χ0n) is 22.3. The van der Waals surface area contributed by atoms with Crippen molar-refractivity contribution in [2.45, 2.75) is 39.7 Å². The lowest BCUT2D eigenvalue weighted by Crippen LogP contribution is -2.40. The first kappa shape index (κ1) is 27.2. The van der Waals surface area contributed by atoms with E-state index in [0.29, 0.717) is 62.0 Å². The van der Waals surface area contributed by atoms with Gasteiger partial charge in [-0.2, -0.15) is 0 Å². The molecular weight excluding hydrogens is 504 g/mol. The molecule has 0 amide bonds. The van der Waals surface area contributed by atoms with E-state index in [1.54, 1.807) is 31.8 Å². The maximum Gasteiger partial charge on any atom is 0.338 e. The van der Waals surface area contributed by atoms with Crippen molar-refractivity contribution in [2.24, 2.45) is 4.99 Å². The number of carbonyl (C=O) groups is 1. The molecule has 1 atom stereocenters. The predicted molar refractivity (Wildman–Crippen MR) is 147 cm³/mol. The fraction of sp³-hybridized carbons (Fsp3) is 0.345. The molecule has 0 unspecified atom stereocenters. The van der Waals surface area contributed by atoms with Gasteiger partial charge in [-0.25, -0.2) is 9.79 Å². The number of esters is 1. The molecule has 0 aliphatic carbocycles. The van der Waals surface area contributed by atoms with Gasteiger partial charge in [-0.1, -0.05) is 55.0 Å². The molecule has 1 aromatic heterocycles. The average molecular weight is 537 g/mol. The van der Waals surface area contributed by atoms with Gasteiger partial charge in [-0.05, 0) is 38.5 Å². The number of methoxy groups -OCH3 is 2. The number of hydrogen-bond donors (Lipinski definition) is 0. The van der Waals surface area contributed by atoms with E-state index in [2.05, 4.69) is 0 Å². The minimum atomic E-state index is -0.748. The number of hydrogen-bond acceptors (Lipinski definition) is 8. The summed E-state index contributed by atoms with van der Waals surface area (Å²) >= 11 is 1.27. The maximum absolute atomic E-state index is 14.0. The molecule has 0 fully saturated rings. The quantitative estimate of drug-likeness (QED) is 0.364. The van der Waals surface area contributed by atoms with Crippen LogP contribution in [0.5, 0.6) is 17.2 Å². The van der Waals surface area contributed by atoms with Crippen LogP contribution < -0.4 is 29.1 Å². The molecule has 0 N–H and O–H groups in total. The van der Waals surface area contributed by atoms with Crippen LogP contribution in [-0.4, -0.2) is 38.0 Å². The second kappa shape index (κ2) is 12.1. The molecule has 2 heterocycles. The summed E-state index contributed by atoms with van der Waals surface area (Å²) in [5.41, 5.74) is 2.10. The Labute approximate surface area is 225 Å². The zero-order valence-corrected chi connectivity index (χ0v) is 23.1. The van der Waals surface area contributed by atoms with Crippen LogP contribution >= 0.6 is 11.3 Å². The molecule has 4 rings (SSSR count). The molecular formula is C29H32N2O6S. The second-order valence-corrected chi connectivity index (χ2v) is 9.48. The Morgan fingerprint density at radius 3 is 2.45 bits per heavy atom. The van der Waals surface area contributed by atoms with Crippen LogP contribution in [0.3, 0.4) is 0 Å². The van der Waals surface area contributed by atoms with Crippen LogP contribution in [0.25, 0.3) is 6.08 Å². The summed E-state index contributed by atoms with van der Waals surface area (Å²) < 4.78 is 24.5. The van der Waals surface area contributed by atoms with E-state index in [0.717, 1.165) is 6.42 Å². The Bertz CT molecular complexity index is 1540. The molecule has 8 nitrogen and oxygen atoms in total. The number of carbonyl (C=O) groups excluding carboxylic acids is 1. The average Bonchev–Trinajstić information content (AvgIpc) is 3.23. The van der Waals surface area contributed by atoms with Crippen LogP contribution in [0.15, 0.2) is 63.5 Å². The number of nitrogens with zero attached hydrogens (tertiary/aromatic N) is 2. The molecule has 0 saturated heterocycles. The minimum Gasteiger partial charge on any atom is -0.496 e. The molecule has 0 saturated carbocycles. The fourth-order valence-electron chi connectivity index (χ4n) is 4.55. The van der Waals surface area contributed by atoms with Crippen molar-refractivity contribution >= 4 is 23.4 Å². The van der Waals surface area contributed by atoms with Gasteiger partial charge in [0.25, 0.3) is 5.56 Å². The first-order valence-electron chi connectivity index (χ1n) is 12.6. The van der Waals surface area contributed by atoms with Gasteiger partial charge in [-0.3, -0.25) is 9.36 Å². The van der Waals surface area contributed by atoms with Gasteiger partial charge >= 0.3 is 5.97 Å². The Balaban J connectivity index is 2.03. The van der Waals surface area contributed by atoms with Crippen molar-refractivity contribution in [1.29, 1.82) is 0 Å². The number of rotatable bonds is 10. The number of para-hydroxylation sites is 2. The normalized spacial score (nSPS) is 15.1. The minimum absolute atomic E-state index is 0.209. The highest BCUT2D eigenvalue weighted by molar-refractivity contribution is 7.07. The van der Waals surface area contributed by atoms with Crippen LogP contribution in [-0.2, 0) is 9.53 Å². The number of fused-ring (bicyclic) bond motifs is 1. The number of benzene rings is 2. The highest BCUT2D eigenvalue weighted by atomic mass is 32.1. The number of aromatic nitrogens is 1. The van der Waals surface area contributed by atoms with E-state index >= 15 is 0 Å². The van der Waals surface area contributed by atoms with E-state index in [9.17, 15) is 9.59 Å². The second-order valence-electron chi connectivity index (χ2n) is 8.47. The third-order valence-electron chi connectivity index (χ3n) is 6.13. The smallest absolute Gasteiger partial charge is 0.338 e. The molecule has 200 valence electrons. The highest BCUT2D eigenvalue weighted by Gasteiger charge is 2.35. The van der Waals surface area contributed by atoms with E-state index in [1.165, 1.54) is 11.3 Å². The lowest BCUT2D eigenvalue weighted by atomic mass is 9.93. The van der Waals surface area contributed by atoms with Crippen molar-refractivity contribution in [3.8, 4) is 17.2 Å². The summed E-state index contributed by atoms with van der Waals surface area (Å²) in [5, 5.41) is 0. The largest absolute Gasteiger partial charge is 0.496 e. The molecule has 0 bridgehead atoms. The van der Waals surface area contributed by atoms with Gasteiger partial charge in [0.05, 0.1) is 43.2 Å². The molecule has 9 heteroatoms. The van der Waals surface area contributed by atoms with E-state index in [1.807, 2.05) is 56.3 Å². The zero-order chi connectivity index (χ0) is 27.2. The monoisotopic (exact) mass is 536 g/mol. The summed E-state index contributed by atoms with van der Waals surface area (Å²) in [6, 6.07) is 12.2. The van der Waals surface area contributed by atoms with Crippen LogP contribution in [0, 0.1) is 0 Å². The molecule has 3 aromatic rings.